The van der Waals surface area contributed by atoms with Crippen molar-refractivity contribution in [1.29, 1.82) is 0 Å². The van der Waals surface area contributed by atoms with Crippen LogP contribution < -0.4 is 9.80 Å². The molecule has 0 N–H and O–H groups in total. The molecule has 0 amide bonds. The highest BCUT2D eigenvalue weighted by Crippen LogP contribution is 2.26. The number of anilines is 2. The Hall–Kier alpha value is -2.76. The van der Waals surface area contributed by atoms with Crippen LogP contribution in [0.2, 0.25) is 0 Å². The van der Waals surface area contributed by atoms with Crippen LogP contribution in [-0.4, -0.2) is 46.3 Å². The lowest BCUT2D eigenvalue weighted by Crippen LogP contribution is -2.59. The summed E-state index contributed by atoms with van der Waals surface area (Å²) >= 11 is 0. The summed E-state index contributed by atoms with van der Waals surface area (Å²) in [6, 6.07) is 12.4. The average Bonchev–Trinajstić information content (AvgIpc) is 2.54. The van der Waals surface area contributed by atoms with E-state index in [1.54, 1.807) is 0 Å². The maximum Gasteiger partial charge on any atom is 0.151 e. The lowest BCUT2D eigenvalue weighted by atomic mass is 10.1. The third kappa shape index (κ3) is 2.54. The van der Waals surface area contributed by atoms with Crippen LogP contribution in [0, 0.1) is 13.8 Å². The fourth-order valence-corrected chi connectivity index (χ4v) is 3.03. The van der Waals surface area contributed by atoms with E-state index in [-0.39, 0.29) is 0 Å². The van der Waals surface area contributed by atoms with Crippen molar-refractivity contribution < 1.29 is 0 Å². The largest absolute Gasteiger partial charge is 0.352 e. The quantitative estimate of drug-likeness (QED) is 0.738. The van der Waals surface area contributed by atoms with Gasteiger partial charge in [0.2, 0.25) is 0 Å². The molecule has 6 heteroatoms. The predicted molar refractivity (Wildman–Crippen MR) is 95.4 cm³/mol. The number of likely N-dealkylation sites (N-methyl/N-ethyl adjacent to an activating group) is 1. The van der Waals surface area contributed by atoms with Gasteiger partial charge in [-0.1, -0.05) is 12.1 Å². The molecule has 24 heavy (non-hydrogen) atoms. The van der Waals surface area contributed by atoms with Gasteiger partial charge in [0.15, 0.2) is 11.6 Å². The Labute approximate surface area is 141 Å². The molecule has 4 rings (SSSR count). The molecular formula is C18H20N6. The molecule has 0 atom stereocenters. The van der Waals surface area contributed by atoms with Crippen molar-refractivity contribution in [3.8, 4) is 0 Å². The van der Waals surface area contributed by atoms with Crippen molar-refractivity contribution in [2.45, 2.75) is 19.9 Å². The number of hydrogen-bond donors (Lipinski definition) is 0. The number of aromatic nitrogens is 4. The first kappa shape index (κ1) is 14.8. The van der Waals surface area contributed by atoms with E-state index in [1.807, 2.05) is 50.2 Å². The third-order valence-corrected chi connectivity index (χ3v) is 4.57. The van der Waals surface area contributed by atoms with Crippen LogP contribution in [0.5, 0.6) is 0 Å². The normalized spacial score (nSPS) is 14.7. The van der Waals surface area contributed by atoms with Gasteiger partial charge in [-0.15, -0.1) is 5.10 Å². The fourth-order valence-electron chi connectivity index (χ4n) is 3.03. The minimum atomic E-state index is 0.405. The first-order chi connectivity index (χ1) is 11.6. The minimum Gasteiger partial charge on any atom is -0.352 e. The van der Waals surface area contributed by atoms with E-state index in [1.165, 1.54) is 0 Å². The smallest absolute Gasteiger partial charge is 0.151 e. The van der Waals surface area contributed by atoms with Crippen molar-refractivity contribution in [3.05, 3.63) is 47.8 Å². The van der Waals surface area contributed by atoms with Gasteiger partial charge in [0, 0.05) is 20.1 Å². The van der Waals surface area contributed by atoms with E-state index >= 15 is 0 Å². The average molecular weight is 320 g/mol. The molecular weight excluding hydrogens is 300 g/mol. The van der Waals surface area contributed by atoms with Crippen molar-refractivity contribution in [1.82, 2.24) is 20.2 Å². The predicted octanol–water partition coefficient (Wildman–Crippen LogP) is 2.36. The highest BCUT2D eigenvalue weighted by molar-refractivity contribution is 5.76. The molecule has 3 aromatic rings. The Morgan fingerprint density at radius 3 is 2.33 bits per heavy atom. The first-order valence-electron chi connectivity index (χ1n) is 8.13. The van der Waals surface area contributed by atoms with Crippen molar-refractivity contribution in [3.63, 3.8) is 0 Å². The molecule has 1 saturated heterocycles. The van der Waals surface area contributed by atoms with Crippen LogP contribution in [0.1, 0.15) is 11.4 Å². The van der Waals surface area contributed by atoms with Gasteiger partial charge in [-0.3, -0.25) is 0 Å². The Bertz CT molecular complexity index is 870. The molecule has 122 valence electrons. The van der Waals surface area contributed by atoms with E-state index in [0.29, 0.717) is 6.04 Å². The van der Waals surface area contributed by atoms with E-state index in [4.69, 9.17) is 4.98 Å². The van der Waals surface area contributed by atoms with Crippen molar-refractivity contribution in [2.24, 2.45) is 0 Å². The van der Waals surface area contributed by atoms with Gasteiger partial charge in [0.25, 0.3) is 0 Å². The summed E-state index contributed by atoms with van der Waals surface area (Å²) in [5.74, 6) is 1.89. The Morgan fingerprint density at radius 2 is 1.67 bits per heavy atom. The van der Waals surface area contributed by atoms with Gasteiger partial charge < -0.3 is 9.80 Å². The highest BCUT2D eigenvalue weighted by Gasteiger charge is 2.32. The van der Waals surface area contributed by atoms with Gasteiger partial charge in [-0.05, 0) is 38.1 Å². The second kappa shape index (κ2) is 5.70. The standard InChI is InChI=1S/C18H20N6/c1-12-8-9-17(22-21-12)24-10-14(11-24)23(3)18-13(2)19-15-6-4-5-7-16(15)20-18/h4-9,14H,10-11H2,1-3H3. The molecule has 0 spiro atoms. The zero-order valence-corrected chi connectivity index (χ0v) is 14.1. The number of hydrogen-bond acceptors (Lipinski definition) is 6. The summed E-state index contributed by atoms with van der Waals surface area (Å²) in [4.78, 5) is 14.0. The Morgan fingerprint density at radius 1 is 0.958 bits per heavy atom. The maximum atomic E-state index is 4.80. The first-order valence-corrected chi connectivity index (χ1v) is 8.13. The SMILES string of the molecule is Cc1ccc(N2CC(N(C)c3nc4ccccc4nc3C)C2)nn1. The number of aryl methyl sites for hydroxylation is 2. The van der Waals surface area contributed by atoms with Gasteiger partial charge in [-0.2, -0.15) is 5.10 Å². The second-order valence-electron chi connectivity index (χ2n) is 6.32. The van der Waals surface area contributed by atoms with Crippen LogP contribution in [0.4, 0.5) is 11.6 Å². The van der Waals surface area contributed by atoms with Crippen LogP contribution in [0.15, 0.2) is 36.4 Å². The molecule has 1 aliphatic heterocycles. The summed E-state index contributed by atoms with van der Waals surface area (Å²) in [6.07, 6.45) is 0. The summed E-state index contributed by atoms with van der Waals surface area (Å²) < 4.78 is 0. The molecule has 0 bridgehead atoms. The topological polar surface area (TPSA) is 58.0 Å². The van der Waals surface area contributed by atoms with Gasteiger partial charge in [-0.25, -0.2) is 9.97 Å². The lowest BCUT2D eigenvalue weighted by molar-refractivity contribution is 0.487. The van der Waals surface area contributed by atoms with E-state index in [0.717, 1.165) is 47.1 Å². The summed E-state index contributed by atoms with van der Waals surface area (Å²) in [5, 5.41) is 8.39. The molecule has 3 heterocycles. The molecule has 0 unspecified atom stereocenters. The summed E-state index contributed by atoms with van der Waals surface area (Å²) in [5.41, 5.74) is 3.78. The van der Waals surface area contributed by atoms with E-state index in [9.17, 15) is 0 Å². The number of nitrogens with zero attached hydrogens (tertiary/aromatic N) is 6. The zero-order chi connectivity index (χ0) is 16.7. The number of para-hydroxylation sites is 2. The monoisotopic (exact) mass is 320 g/mol. The summed E-state index contributed by atoms with van der Waals surface area (Å²) in [7, 11) is 2.09. The van der Waals surface area contributed by atoms with E-state index in [2.05, 4.69) is 32.0 Å². The van der Waals surface area contributed by atoms with E-state index < -0.39 is 0 Å². The number of fused-ring (bicyclic) bond motifs is 1. The maximum absolute atomic E-state index is 4.80. The molecule has 2 aromatic heterocycles. The highest BCUT2D eigenvalue weighted by atomic mass is 15.4. The Balaban J connectivity index is 1.52. The molecule has 0 saturated carbocycles. The van der Waals surface area contributed by atoms with Crippen LogP contribution in [0.25, 0.3) is 11.0 Å². The minimum absolute atomic E-state index is 0.405. The van der Waals surface area contributed by atoms with Crippen molar-refractivity contribution in [2.75, 3.05) is 29.9 Å². The molecule has 1 fully saturated rings. The van der Waals surface area contributed by atoms with Crippen LogP contribution >= 0.6 is 0 Å². The second-order valence-corrected chi connectivity index (χ2v) is 6.32. The van der Waals surface area contributed by atoms with Crippen LogP contribution in [-0.2, 0) is 0 Å². The lowest BCUT2D eigenvalue weighted by Gasteiger charge is -2.45. The molecule has 6 nitrogen and oxygen atoms in total. The van der Waals surface area contributed by atoms with Gasteiger partial charge >= 0.3 is 0 Å². The third-order valence-electron chi connectivity index (χ3n) is 4.57. The number of benzene rings is 1. The van der Waals surface area contributed by atoms with Gasteiger partial charge in [0.05, 0.1) is 28.5 Å². The fraction of sp³-hybridized carbons (Fsp3) is 0.333. The van der Waals surface area contributed by atoms with Gasteiger partial charge in [0.1, 0.15) is 0 Å². The molecule has 1 aliphatic rings. The van der Waals surface area contributed by atoms with Crippen molar-refractivity contribution >= 4 is 22.7 Å². The number of rotatable bonds is 3. The summed E-state index contributed by atoms with van der Waals surface area (Å²) in [6.45, 7) is 5.81. The van der Waals surface area contributed by atoms with Crippen LogP contribution in [0.3, 0.4) is 0 Å². The zero-order valence-electron chi connectivity index (χ0n) is 14.1. The molecule has 0 aliphatic carbocycles. The molecule has 1 aromatic carbocycles. The Kier molecular flexibility index (Phi) is 3.52. The molecule has 0 radical (unpaired) electrons.